The van der Waals surface area contributed by atoms with Gasteiger partial charge in [-0.05, 0) is 67.4 Å². The lowest BCUT2D eigenvalue weighted by molar-refractivity contribution is 0.254. The number of likely N-dealkylation sites (tertiary alicyclic amines) is 1. The van der Waals surface area contributed by atoms with Gasteiger partial charge in [-0.25, -0.2) is 0 Å². The number of benzene rings is 2. The lowest BCUT2D eigenvalue weighted by atomic mass is 9.92. The van der Waals surface area contributed by atoms with Gasteiger partial charge < -0.3 is 9.80 Å². The van der Waals surface area contributed by atoms with Crippen LogP contribution in [0.1, 0.15) is 41.4 Å². The van der Waals surface area contributed by atoms with Crippen LogP contribution in [0, 0.1) is 6.92 Å². The zero-order valence-electron chi connectivity index (χ0n) is 20.2. The molecule has 1 fully saturated rings. The minimum Gasteiger partial charge on any atom is -0.362 e. The fourth-order valence-electron chi connectivity index (χ4n) is 5.53. The van der Waals surface area contributed by atoms with E-state index in [9.17, 15) is 0 Å². The summed E-state index contributed by atoms with van der Waals surface area (Å²) in [6.07, 6.45) is 3.45. The number of piperidine rings is 1. The maximum absolute atomic E-state index is 4.43. The Morgan fingerprint density at radius 3 is 2.40 bits per heavy atom. The number of thiophene rings is 1. The Balaban J connectivity index is 1.10. The maximum atomic E-state index is 4.43. The Labute approximate surface area is 211 Å². The molecule has 4 aromatic rings. The quantitative estimate of drug-likeness (QED) is 0.341. The van der Waals surface area contributed by atoms with Gasteiger partial charge in [0.2, 0.25) is 0 Å². The highest BCUT2D eigenvalue weighted by Gasteiger charge is 2.25. The van der Waals surface area contributed by atoms with Crippen LogP contribution < -0.4 is 4.90 Å². The van der Waals surface area contributed by atoms with E-state index in [0.29, 0.717) is 0 Å². The molecule has 0 amide bonds. The topological polar surface area (TPSA) is 37.2 Å². The van der Waals surface area contributed by atoms with Crippen molar-refractivity contribution in [3.05, 3.63) is 99.8 Å². The molecule has 4 heterocycles. The number of anilines is 1. The predicted molar refractivity (Wildman–Crippen MR) is 144 cm³/mol. The first-order valence-corrected chi connectivity index (χ1v) is 13.4. The average molecular weight is 482 g/mol. The van der Waals surface area contributed by atoms with Gasteiger partial charge in [0.25, 0.3) is 0 Å². The maximum Gasteiger partial charge on any atom is 0.157 e. The van der Waals surface area contributed by atoms with E-state index in [-0.39, 0.29) is 0 Å². The summed E-state index contributed by atoms with van der Waals surface area (Å²) in [4.78, 5) is 6.51. The molecule has 2 aliphatic heterocycles. The van der Waals surface area contributed by atoms with E-state index in [0.717, 1.165) is 63.6 Å². The number of nitrogens with zero attached hydrogens (tertiary/aromatic N) is 5. The van der Waals surface area contributed by atoms with Crippen LogP contribution >= 0.6 is 11.3 Å². The lowest BCUT2D eigenvalue weighted by Gasteiger charge is -2.33. The van der Waals surface area contributed by atoms with E-state index in [2.05, 4.69) is 96.7 Å². The second-order valence-electron chi connectivity index (χ2n) is 9.43. The van der Waals surface area contributed by atoms with Crippen molar-refractivity contribution in [3.8, 4) is 5.69 Å². The van der Waals surface area contributed by atoms with Crippen LogP contribution in [0.5, 0.6) is 0 Å². The monoisotopic (exact) mass is 481 g/mol. The molecule has 0 saturated carbocycles. The van der Waals surface area contributed by atoms with E-state index < -0.39 is 0 Å². The molecule has 0 spiro atoms. The molecule has 2 aromatic heterocycles. The van der Waals surface area contributed by atoms with Crippen LogP contribution in [-0.4, -0.2) is 45.8 Å². The summed E-state index contributed by atoms with van der Waals surface area (Å²) in [5.41, 5.74) is 6.91. The number of aryl methyl sites for hydroxylation is 1. The van der Waals surface area contributed by atoms with Crippen molar-refractivity contribution < 1.29 is 0 Å². The standard InChI is InChI=1S/C29H31N5S/c1-22-30-31-28-21-33(25-11-5-6-12-26(25)34(22)28)17-8-16-32-18-14-24(15-19-32)29(27-13-7-20-35-27)23-9-3-2-4-10-23/h2-7,9-13,20H,8,14-19,21H2,1H3. The number of rotatable bonds is 6. The summed E-state index contributed by atoms with van der Waals surface area (Å²) in [7, 11) is 0. The molecule has 0 N–H and O–H groups in total. The summed E-state index contributed by atoms with van der Waals surface area (Å²) in [5, 5.41) is 10.9. The van der Waals surface area contributed by atoms with Crippen LogP contribution in [0.4, 0.5) is 5.69 Å². The minimum atomic E-state index is 0.825. The number of hydrogen-bond acceptors (Lipinski definition) is 5. The number of fused-ring (bicyclic) bond motifs is 3. The van der Waals surface area contributed by atoms with Gasteiger partial charge in [0, 0.05) is 24.5 Å². The van der Waals surface area contributed by atoms with Crippen molar-refractivity contribution in [1.29, 1.82) is 0 Å². The Kier molecular flexibility index (Phi) is 6.23. The van der Waals surface area contributed by atoms with Crippen molar-refractivity contribution in [2.45, 2.75) is 32.7 Å². The molecule has 5 nitrogen and oxygen atoms in total. The first-order chi connectivity index (χ1) is 17.3. The zero-order chi connectivity index (χ0) is 23.6. The molecular weight excluding hydrogens is 450 g/mol. The van der Waals surface area contributed by atoms with Gasteiger partial charge in [0.15, 0.2) is 5.82 Å². The molecule has 2 aliphatic rings. The van der Waals surface area contributed by atoms with Crippen molar-refractivity contribution in [1.82, 2.24) is 19.7 Å². The number of hydrogen-bond donors (Lipinski definition) is 0. The molecule has 0 bridgehead atoms. The average Bonchev–Trinajstić information content (AvgIpc) is 3.56. The molecule has 0 aliphatic carbocycles. The van der Waals surface area contributed by atoms with E-state index in [1.807, 2.05) is 18.3 Å². The van der Waals surface area contributed by atoms with Crippen molar-refractivity contribution >= 4 is 22.6 Å². The first kappa shape index (κ1) is 22.3. The van der Waals surface area contributed by atoms with Crippen LogP contribution in [0.3, 0.4) is 0 Å². The van der Waals surface area contributed by atoms with Gasteiger partial charge >= 0.3 is 0 Å². The van der Waals surface area contributed by atoms with E-state index in [1.54, 1.807) is 5.57 Å². The fourth-order valence-corrected chi connectivity index (χ4v) is 6.37. The third kappa shape index (κ3) is 4.44. The second kappa shape index (κ2) is 9.80. The number of para-hydroxylation sites is 2. The zero-order valence-corrected chi connectivity index (χ0v) is 21.0. The fraction of sp³-hybridized carbons (Fsp3) is 0.310. The molecule has 0 radical (unpaired) electrons. The Morgan fingerprint density at radius 1 is 0.857 bits per heavy atom. The molecule has 6 heteroatoms. The normalized spacial score (nSPS) is 15.7. The summed E-state index contributed by atoms with van der Waals surface area (Å²) >= 11 is 1.85. The summed E-state index contributed by atoms with van der Waals surface area (Å²) in [5.74, 6) is 2.00. The highest BCUT2D eigenvalue weighted by molar-refractivity contribution is 7.11. The molecule has 6 rings (SSSR count). The Bertz CT molecular complexity index is 1310. The summed E-state index contributed by atoms with van der Waals surface area (Å²) in [6, 6.07) is 24.0. The third-order valence-corrected chi connectivity index (χ3v) is 8.12. The first-order valence-electron chi connectivity index (χ1n) is 12.6. The van der Waals surface area contributed by atoms with E-state index in [1.165, 1.54) is 27.4 Å². The molecule has 178 valence electrons. The predicted octanol–water partition coefficient (Wildman–Crippen LogP) is 5.95. The van der Waals surface area contributed by atoms with Gasteiger partial charge in [0.05, 0.1) is 17.9 Å². The molecule has 0 atom stereocenters. The highest BCUT2D eigenvalue weighted by atomic mass is 32.1. The second-order valence-corrected chi connectivity index (χ2v) is 10.4. The third-order valence-electron chi connectivity index (χ3n) is 7.23. The van der Waals surface area contributed by atoms with Crippen LogP contribution in [-0.2, 0) is 6.54 Å². The minimum absolute atomic E-state index is 0.825. The lowest BCUT2D eigenvalue weighted by Crippen LogP contribution is -2.35. The number of aromatic nitrogens is 3. The van der Waals surface area contributed by atoms with Crippen molar-refractivity contribution in [2.24, 2.45) is 0 Å². The Hall–Kier alpha value is -3.22. The van der Waals surface area contributed by atoms with E-state index in [4.69, 9.17) is 0 Å². The smallest absolute Gasteiger partial charge is 0.157 e. The van der Waals surface area contributed by atoms with Gasteiger partial charge in [-0.3, -0.25) is 4.57 Å². The summed E-state index contributed by atoms with van der Waals surface area (Å²) < 4.78 is 2.20. The molecule has 35 heavy (non-hydrogen) atoms. The molecule has 0 unspecified atom stereocenters. The highest BCUT2D eigenvalue weighted by Crippen LogP contribution is 2.35. The van der Waals surface area contributed by atoms with E-state index >= 15 is 0 Å². The van der Waals surface area contributed by atoms with Crippen molar-refractivity contribution in [3.63, 3.8) is 0 Å². The molecule has 2 aromatic carbocycles. The SMILES string of the molecule is Cc1nnc2n1-c1ccccc1N(CCCN1CCC(=C(c3ccccc3)c3cccs3)CC1)C2. The van der Waals surface area contributed by atoms with Crippen LogP contribution in [0.25, 0.3) is 11.3 Å². The van der Waals surface area contributed by atoms with Crippen LogP contribution in [0.15, 0.2) is 77.7 Å². The molecule has 1 saturated heterocycles. The van der Waals surface area contributed by atoms with Crippen LogP contribution in [0.2, 0.25) is 0 Å². The van der Waals surface area contributed by atoms with Gasteiger partial charge in [-0.2, -0.15) is 0 Å². The largest absolute Gasteiger partial charge is 0.362 e. The Morgan fingerprint density at radius 2 is 1.63 bits per heavy atom. The van der Waals surface area contributed by atoms with Gasteiger partial charge in [-0.1, -0.05) is 54.1 Å². The van der Waals surface area contributed by atoms with Crippen molar-refractivity contribution in [2.75, 3.05) is 31.1 Å². The summed E-state index contributed by atoms with van der Waals surface area (Å²) in [6.45, 7) is 7.31. The molecular formula is C29H31N5S. The van der Waals surface area contributed by atoms with Gasteiger partial charge in [-0.15, -0.1) is 21.5 Å². The van der Waals surface area contributed by atoms with Gasteiger partial charge in [0.1, 0.15) is 5.82 Å².